The van der Waals surface area contributed by atoms with E-state index in [2.05, 4.69) is 20.4 Å². The number of nitrogens with one attached hydrogen (secondary N) is 1. The summed E-state index contributed by atoms with van der Waals surface area (Å²) < 4.78 is 14.8. The largest absolute Gasteiger partial charge is 0.352 e. The first-order valence-corrected chi connectivity index (χ1v) is 10.5. The number of benzene rings is 1. The van der Waals surface area contributed by atoms with Gasteiger partial charge in [-0.25, -0.2) is 19.0 Å². The molecule has 144 valence electrons. The Labute approximate surface area is 165 Å². The summed E-state index contributed by atoms with van der Waals surface area (Å²) in [5, 5.41) is 9.12. The van der Waals surface area contributed by atoms with Crippen LogP contribution in [0.1, 0.15) is 25.7 Å². The minimum atomic E-state index is -0.298. The third kappa shape index (κ3) is 3.61. The molecule has 2 fully saturated rings. The molecule has 2 aliphatic rings. The van der Waals surface area contributed by atoms with Crippen LogP contribution in [0, 0.1) is 17.7 Å². The predicted octanol–water partition coefficient (Wildman–Crippen LogP) is 3.35. The average Bonchev–Trinajstić information content (AvgIpc) is 3.63. The molecule has 0 atom stereocenters. The van der Waals surface area contributed by atoms with E-state index in [0.717, 1.165) is 16.1 Å². The van der Waals surface area contributed by atoms with E-state index in [1.54, 1.807) is 23.0 Å². The van der Waals surface area contributed by atoms with Gasteiger partial charge in [-0.2, -0.15) is 5.10 Å². The van der Waals surface area contributed by atoms with E-state index in [4.69, 9.17) is 0 Å². The maximum Gasteiger partial charge on any atom is 0.230 e. The van der Waals surface area contributed by atoms with Crippen molar-refractivity contribution in [2.24, 2.45) is 11.8 Å². The molecular formula is C20H20FN5OS. The minimum Gasteiger partial charge on any atom is -0.352 e. The Kier molecular flexibility index (Phi) is 4.50. The van der Waals surface area contributed by atoms with Crippen LogP contribution in [0.5, 0.6) is 0 Å². The molecule has 0 radical (unpaired) electrons. The topological polar surface area (TPSA) is 72.7 Å². The Bertz CT molecular complexity index is 1000. The fourth-order valence-electron chi connectivity index (χ4n) is 3.60. The fraction of sp³-hybridized carbons (Fsp3) is 0.400. The lowest BCUT2D eigenvalue weighted by molar-refractivity contribution is -0.119. The van der Waals surface area contributed by atoms with E-state index in [9.17, 15) is 9.18 Å². The molecule has 1 N–H and O–H groups in total. The van der Waals surface area contributed by atoms with Crippen molar-refractivity contribution in [3.63, 3.8) is 0 Å². The first-order chi connectivity index (χ1) is 13.7. The smallest absolute Gasteiger partial charge is 0.230 e. The van der Waals surface area contributed by atoms with Crippen molar-refractivity contribution in [2.45, 2.75) is 36.8 Å². The van der Waals surface area contributed by atoms with Gasteiger partial charge in [-0.3, -0.25) is 4.79 Å². The van der Waals surface area contributed by atoms with Gasteiger partial charge in [-0.1, -0.05) is 11.8 Å². The highest BCUT2D eigenvalue weighted by atomic mass is 32.2. The quantitative estimate of drug-likeness (QED) is 0.489. The van der Waals surface area contributed by atoms with E-state index in [0.29, 0.717) is 29.3 Å². The van der Waals surface area contributed by atoms with Gasteiger partial charge in [0.2, 0.25) is 5.91 Å². The van der Waals surface area contributed by atoms with Crippen molar-refractivity contribution in [1.82, 2.24) is 25.1 Å². The lowest BCUT2D eigenvalue weighted by Crippen LogP contribution is -2.39. The summed E-state index contributed by atoms with van der Waals surface area (Å²) in [4.78, 5) is 21.1. The molecule has 5 rings (SSSR count). The summed E-state index contributed by atoms with van der Waals surface area (Å²) in [6.45, 7) is 0. The Morgan fingerprint density at radius 2 is 1.89 bits per heavy atom. The Balaban J connectivity index is 1.30. The molecule has 28 heavy (non-hydrogen) atoms. The Hall–Kier alpha value is -2.48. The zero-order valence-corrected chi connectivity index (χ0v) is 16.0. The molecule has 0 spiro atoms. The number of halogens is 1. The van der Waals surface area contributed by atoms with Crippen molar-refractivity contribution in [1.29, 1.82) is 0 Å². The van der Waals surface area contributed by atoms with Gasteiger partial charge in [-0.05, 0) is 61.8 Å². The fourth-order valence-corrected chi connectivity index (χ4v) is 4.37. The number of carbonyl (C=O) groups excluding carboxylic acids is 1. The van der Waals surface area contributed by atoms with Gasteiger partial charge in [0, 0.05) is 6.04 Å². The van der Waals surface area contributed by atoms with E-state index in [1.807, 2.05) is 0 Å². The maximum atomic E-state index is 13.2. The molecule has 1 amide bonds. The minimum absolute atomic E-state index is 0.0616. The van der Waals surface area contributed by atoms with Crippen molar-refractivity contribution in [2.75, 3.05) is 5.75 Å². The summed E-state index contributed by atoms with van der Waals surface area (Å²) >= 11 is 1.40. The van der Waals surface area contributed by atoms with Gasteiger partial charge in [0.15, 0.2) is 5.65 Å². The summed E-state index contributed by atoms with van der Waals surface area (Å²) in [6.07, 6.45) is 8.12. The molecule has 2 aromatic heterocycles. The zero-order chi connectivity index (χ0) is 19.1. The van der Waals surface area contributed by atoms with Crippen LogP contribution in [0.15, 0.2) is 41.8 Å². The molecule has 8 heteroatoms. The van der Waals surface area contributed by atoms with Crippen LogP contribution < -0.4 is 5.32 Å². The molecule has 0 bridgehead atoms. The van der Waals surface area contributed by atoms with E-state index < -0.39 is 0 Å². The maximum absolute atomic E-state index is 13.2. The number of thioether (sulfide) groups is 1. The summed E-state index contributed by atoms with van der Waals surface area (Å²) in [5.41, 5.74) is 1.36. The standard InChI is InChI=1S/C20H20FN5OS/c21-14-5-7-15(8-6-14)26-19-16(9-24-26)20(23-11-22-19)28-10-17(27)25-18(12-1-2-12)13-3-4-13/h5-9,11-13,18H,1-4,10H2,(H,25,27). The first kappa shape index (κ1) is 17.6. The van der Waals surface area contributed by atoms with Gasteiger partial charge in [0.05, 0.1) is 23.0 Å². The first-order valence-electron chi connectivity index (χ1n) is 9.56. The molecule has 2 heterocycles. The van der Waals surface area contributed by atoms with Crippen molar-refractivity contribution in [3.8, 4) is 5.69 Å². The van der Waals surface area contributed by atoms with Gasteiger partial charge in [0.25, 0.3) is 0 Å². The third-order valence-electron chi connectivity index (χ3n) is 5.33. The molecule has 0 saturated heterocycles. The molecule has 0 aliphatic heterocycles. The summed E-state index contributed by atoms with van der Waals surface area (Å²) in [5.74, 6) is 1.45. The molecule has 2 saturated carbocycles. The van der Waals surface area contributed by atoms with E-state index in [-0.39, 0.29) is 11.7 Å². The van der Waals surface area contributed by atoms with Crippen LogP contribution in [-0.2, 0) is 4.79 Å². The summed E-state index contributed by atoms with van der Waals surface area (Å²) in [6, 6.07) is 6.44. The highest BCUT2D eigenvalue weighted by Gasteiger charge is 2.42. The number of carbonyl (C=O) groups is 1. The van der Waals surface area contributed by atoms with Gasteiger partial charge in [-0.15, -0.1) is 0 Å². The summed E-state index contributed by atoms with van der Waals surface area (Å²) in [7, 11) is 0. The highest BCUT2D eigenvalue weighted by Crippen LogP contribution is 2.44. The van der Waals surface area contributed by atoms with Crippen LogP contribution in [0.4, 0.5) is 4.39 Å². The van der Waals surface area contributed by atoms with Crippen LogP contribution in [0.25, 0.3) is 16.7 Å². The second-order valence-corrected chi connectivity index (χ2v) is 8.47. The van der Waals surface area contributed by atoms with Crippen molar-refractivity contribution in [3.05, 3.63) is 42.6 Å². The van der Waals surface area contributed by atoms with Gasteiger partial charge >= 0.3 is 0 Å². The van der Waals surface area contributed by atoms with E-state index in [1.165, 1.54) is 55.9 Å². The second-order valence-electron chi connectivity index (χ2n) is 7.51. The lowest BCUT2D eigenvalue weighted by Gasteiger charge is -2.17. The molecule has 2 aliphatic carbocycles. The number of hydrogen-bond donors (Lipinski definition) is 1. The molecule has 6 nitrogen and oxygen atoms in total. The van der Waals surface area contributed by atoms with Crippen molar-refractivity contribution < 1.29 is 9.18 Å². The average molecular weight is 397 g/mol. The lowest BCUT2D eigenvalue weighted by atomic mass is 10.1. The normalized spacial score (nSPS) is 16.6. The predicted molar refractivity (Wildman–Crippen MR) is 105 cm³/mol. The third-order valence-corrected chi connectivity index (χ3v) is 6.33. The molecular weight excluding hydrogens is 377 g/mol. The van der Waals surface area contributed by atoms with Crippen molar-refractivity contribution >= 4 is 28.7 Å². The molecule has 0 unspecified atom stereocenters. The SMILES string of the molecule is O=C(CSc1ncnc2c1cnn2-c1ccc(F)cc1)NC(C1CC1)C1CC1. The monoisotopic (exact) mass is 397 g/mol. The molecule has 1 aromatic carbocycles. The number of hydrogen-bond acceptors (Lipinski definition) is 5. The highest BCUT2D eigenvalue weighted by molar-refractivity contribution is 8.00. The van der Waals surface area contributed by atoms with E-state index >= 15 is 0 Å². The van der Waals surface area contributed by atoms with Gasteiger partial charge in [0.1, 0.15) is 17.2 Å². The molecule has 3 aromatic rings. The van der Waals surface area contributed by atoms with Gasteiger partial charge < -0.3 is 5.32 Å². The second kappa shape index (κ2) is 7.16. The van der Waals surface area contributed by atoms with Crippen LogP contribution in [0.3, 0.4) is 0 Å². The zero-order valence-electron chi connectivity index (χ0n) is 15.2. The number of rotatable bonds is 7. The number of aromatic nitrogens is 4. The van der Waals surface area contributed by atoms with Crippen LogP contribution >= 0.6 is 11.8 Å². The number of fused-ring (bicyclic) bond motifs is 1. The Morgan fingerprint density at radius 1 is 1.18 bits per heavy atom. The number of nitrogens with zero attached hydrogens (tertiary/aromatic N) is 4. The number of amides is 1. The Morgan fingerprint density at radius 3 is 2.57 bits per heavy atom. The van der Waals surface area contributed by atoms with Crippen LogP contribution in [-0.4, -0.2) is 37.5 Å². The van der Waals surface area contributed by atoms with Crippen LogP contribution in [0.2, 0.25) is 0 Å².